The van der Waals surface area contributed by atoms with Crippen LogP contribution in [-0.2, 0) is 7.05 Å². The summed E-state index contributed by atoms with van der Waals surface area (Å²) in [5.41, 5.74) is 1.36. The number of aromatic nitrogens is 3. The zero-order valence-corrected chi connectivity index (χ0v) is 11.7. The molecule has 0 aliphatic rings. The van der Waals surface area contributed by atoms with Crippen molar-refractivity contribution in [1.29, 1.82) is 5.26 Å². The molecule has 0 saturated heterocycles. The minimum Gasteiger partial charge on any atom is -0.260 e. The summed E-state index contributed by atoms with van der Waals surface area (Å²) in [5.74, 6) is 0. The summed E-state index contributed by atoms with van der Waals surface area (Å²) in [7, 11) is 1.83. The van der Waals surface area contributed by atoms with Crippen LogP contribution in [0.4, 0.5) is 0 Å². The van der Waals surface area contributed by atoms with Crippen molar-refractivity contribution in [3.8, 4) is 6.07 Å². The molecule has 0 unspecified atom stereocenters. The van der Waals surface area contributed by atoms with Crippen LogP contribution >= 0.6 is 27.7 Å². The van der Waals surface area contributed by atoms with Crippen LogP contribution in [-0.4, -0.2) is 14.8 Å². The Morgan fingerprint density at radius 2 is 2.24 bits per heavy atom. The Hall–Kier alpha value is -1.32. The molecule has 17 heavy (non-hydrogen) atoms. The van der Waals surface area contributed by atoms with E-state index >= 15 is 0 Å². The molecule has 86 valence electrons. The number of rotatable bonds is 2. The number of nitrogens with zero attached hydrogens (tertiary/aromatic N) is 4. The molecule has 2 rings (SSSR count). The summed E-state index contributed by atoms with van der Waals surface area (Å²) in [6.07, 6.45) is 1.73. The standard InChI is InChI=1S/C11H9BrN4S/c1-7-9(5-13)11(16(2)15-7)17-10-4-3-8(12)6-14-10/h3-4,6H,1-2H3. The molecule has 2 aromatic heterocycles. The first-order valence-electron chi connectivity index (χ1n) is 4.85. The molecular weight excluding hydrogens is 300 g/mol. The van der Waals surface area contributed by atoms with E-state index in [4.69, 9.17) is 5.26 Å². The second-order valence-electron chi connectivity index (χ2n) is 3.42. The lowest BCUT2D eigenvalue weighted by atomic mass is 10.3. The van der Waals surface area contributed by atoms with Crippen molar-refractivity contribution in [1.82, 2.24) is 14.8 Å². The van der Waals surface area contributed by atoms with E-state index in [2.05, 4.69) is 32.1 Å². The van der Waals surface area contributed by atoms with Gasteiger partial charge in [0.2, 0.25) is 0 Å². The van der Waals surface area contributed by atoms with Gasteiger partial charge in [0.25, 0.3) is 0 Å². The fourth-order valence-electron chi connectivity index (χ4n) is 1.40. The Balaban J connectivity index is 2.36. The van der Waals surface area contributed by atoms with Crippen LogP contribution in [0.15, 0.2) is 32.9 Å². The maximum Gasteiger partial charge on any atom is 0.118 e. The molecule has 0 atom stereocenters. The first-order chi connectivity index (χ1) is 8.11. The van der Waals surface area contributed by atoms with Crippen LogP contribution in [0.2, 0.25) is 0 Å². The number of hydrogen-bond donors (Lipinski definition) is 0. The highest BCUT2D eigenvalue weighted by Crippen LogP contribution is 2.30. The van der Waals surface area contributed by atoms with Gasteiger partial charge in [-0.1, -0.05) is 0 Å². The average Bonchev–Trinajstić information content (AvgIpc) is 2.57. The van der Waals surface area contributed by atoms with Crippen molar-refractivity contribution in [3.63, 3.8) is 0 Å². The summed E-state index contributed by atoms with van der Waals surface area (Å²) in [5, 5.41) is 15.0. The third-order valence-corrected chi connectivity index (χ3v) is 3.76. The van der Waals surface area contributed by atoms with Gasteiger partial charge in [0.1, 0.15) is 21.7 Å². The molecule has 0 amide bonds. The van der Waals surface area contributed by atoms with E-state index in [1.807, 2.05) is 26.1 Å². The van der Waals surface area contributed by atoms with Crippen LogP contribution in [0.5, 0.6) is 0 Å². The Kier molecular flexibility index (Phi) is 3.50. The molecule has 2 heterocycles. The maximum atomic E-state index is 9.09. The third kappa shape index (κ3) is 2.51. The molecule has 0 fully saturated rings. The lowest BCUT2D eigenvalue weighted by Gasteiger charge is -2.01. The molecule has 0 N–H and O–H groups in total. The first-order valence-corrected chi connectivity index (χ1v) is 6.46. The molecule has 0 aromatic carbocycles. The molecule has 0 saturated carbocycles. The van der Waals surface area contributed by atoms with E-state index in [-0.39, 0.29) is 0 Å². The number of aryl methyl sites for hydroxylation is 2. The van der Waals surface area contributed by atoms with Crippen LogP contribution in [0.25, 0.3) is 0 Å². The van der Waals surface area contributed by atoms with Gasteiger partial charge < -0.3 is 0 Å². The van der Waals surface area contributed by atoms with Crippen molar-refractivity contribution in [2.45, 2.75) is 17.0 Å². The highest BCUT2D eigenvalue weighted by Gasteiger charge is 2.14. The fraction of sp³-hybridized carbons (Fsp3) is 0.182. The lowest BCUT2D eigenvalue weighted by Crippen LogP contribution is -1.93. The smallest absolute Gasteiger partial charge is 0.118 e. The molecule has 0 radical (unpaired) electrons. The minimum absolute atomic E-state index is 0.613. The van der Waals surface area contributed by atoms with Gasteiger partial charge in [0.05, 0.1) is 5.69 Å². The van der Waals surface area contributed by atoms with E-state index in [1.165, 1.54) is 11.8 Å². The van der Waals surface area contributed by atoms with Crippen LogP contribution in [0, 0.1) is 18.3 Å². The van der Waals surface area contributed by atoms with Crippen molar-refractivity contribution >= 4 is 27.7 Å². The lowest BCUT2D eigenvalue weighted by molar-refractivity contribution is 0.691. The van der Waals surface area contributed by atoms with Gasteiger partial charge in [-0.05, 0) is 46.7 Å². The zero-order valence-electron chi connectivity index (χ0n) is 9.31. The molecule has 6 heteroatoms. The molecule has 2 aromatic rings. The second-order valence-corrected chi connectivity index (χ2v) is 5.34. The second kappa shape index (κ2) is 4.90. The molecule has 0 aliphatic carbocycles. The van der Waals surface area contributed by atoms with E-state index in [9.17, 15) is 0 Å². The van der Waals surface area contributed by atoms with Gasteiger partial charge in [-0.3, -0.25) is 4.68 Å². The quantitative estimate of drug-likeness (QED) is 0.856. The van der Waals surface area contributed by atoms with E-state index in [0.717, 1.165) is 20.2 Å². The summed E-state index contributed by atoms with van der Waals surface area (Å²) < 4.78 is 2.64. The molecule has 4 nitrogen and oxygen atoms in total. The highest BCUT2D eigenvalue weighted by molar-refractivity contribution is 9.10. The largest absolute Gasteiger partial charge is 0.260 e. The number of nitriles is 1. The van der Waals surface area contributed by atoms with E-state index < -0.39 is 0 Å². The SMILES string of the molecule is Cc1nn(C)c(Sc2ccc(Br)cn2)c1C#N. The average molecular weight is 309 g/mol. The number of hydrogen-bond acceptors (Lipinski definition) is 4. The molecular formula is C11H9BrN4S. The van der Waals surface area contributed by atoms with Gasteiger partial charge in [-0.15, -0.1) is 0 Å². The molecule has 0 spiro atoms. The third-order valence-electron chi connectivity index (χ3n) is 2.18. The van der Waals surface area contributed by atoms with Gasteiger partial charge in [0.15, 0.2) is 0 Å². The van der Waals surface area contributed by atoms with Crippen molar-refractivity contribution in [2.75, 3.05) is 0 Å². The Morgan fingerprint density at radius 3 is 2.82 bits per heavy atom. The summed E-state index contributed by atoms with van der Waals surface area (Å²) in [6.45, 7) is 1.83. The predicted molar refractivity (Wildman–Crippen MR) is 68.7 cm³/mol. The normalized spacial score (nSPS) is 10.2. The minimum atomic E-state index is 0.613. The Labute approximate surface area is 112 Å². The summed E-state index contributed by atoms with van der Waals surface area (Å²) in [4.78, 5) is 4.26. The van der Waals surface area contributed by atoms with Crippen LogP contribution < -0.4 is 0 Å². The maximum absolute atomic E-state index is 9.09. The van der Waals surface area contributed by atoms with Crippen LogP contribution in [0.3, 0.4) is 0 Å². The van der Waals surface area contributed by atoms with Crippen molar-refractivity contribution in [3.05, 3.63) is 34.1 Å². The highest BCUT2D eigenvalue weighted by atomic mass is 79.9. The predicted octanol–water partition coefficient (Wildman–Crippen LogP) is 2.91. The van der Waals surface area contributed by atoms with Gasteiger partial charge >= 0.3 is 0 Å². The first kappa shape index (κ1) is 12.1. The number of pyridine rings is 1. The van der Waals surface area contributed by atoms with Gasteiger partial charge in [0, 0.05) is 17.7 Å². The summed E-state index contributed by atoms with van der Waals surface area (Å²) in [6, 6.07) is 6.00. The van der Waals surface area contributed by atoms with Crippen molar-refractivity contribution in [2.24, 2.45) is 7.05 Å². The van der Waals surface area contributed by atoms with Gasteiger partial charge in [-0.2, -0.15) is 10.4 Å². The number of halogens is 1. The fourth-order valence-corrected chi connectivity index (χ4v) is 2.55. The van der Waals surface area contributed by atoms with E-state index in [1.54, 1.807) is 10.9 Å². The Morgan fingerprint density at radius 1 is 1.47 bits per heavy atom. The van der Waals surface area contributed by atoms with Gasteiger partial charge in [-0.25, -0.2) is 4.98 Å². The topological polar surface area (TPSA) is 54.5 Å². The molecule has 0 aliphatic heterocycles. The van der Waals surface area contributed by atoms with Crippen LogP contribution in [0.1, 0.15) is 11.3 Å². The monoisotopic (exact) mass is 308 g/mol. The Bertz CT molecular complexity index is 583. The van der Waals surface area contributed by atoms with E-state index in [0.29, 0.717) is 5.56 Å². The summed E-state index contributed by atoms with van der Waals surface area (Å²) >= 11 is 4.78. The zero-order chi connectivity index (χ0) is 12.4. The molecule has 0 bridgehead atoms. The van der Waals surface area contributed by atoms with Crippen molar-refractivity contribution < 1.29 is 0 Å².